The molecular weight excluding hydrogens is 300 g/mol. The van der Waals surface area contributed by atoms with Crippen LogP contribution in [0.3, 0.4) is 0 Å². The first kappa shape index (κ1) is 15.5. The van der Waals surface area contributed by atoms with Crippen molar-refractivity contribution < 1.29 is 9.90 Å². The number of phenolic OH excluding ortho intramolecular Hbond substituents is 1. The smallest absolute Gasteiger partial charge is 0.271 e. The standard InChI is InChI=1S/C20H16N2O2/c23-19-8-4-7-18(13-19)20(24)22-21-14-15-9-11-17(12-10-15)16-5-2-1-3-6-16/h1-14,23H,(H,22,24)/b21-14+. The van der Waals surface area contributed by atoms with E-state index in [0.717, 1.165) is 16.7 Å². The summed E-state index contributed by atoms with van der Waals surface area (Å²) in [6, 6.07) is 24.1. The molecule has 1 amide bonds. The largest absolute Gasteiger partial charge is 0.508 e. The van der Waals surface area contributed by atoms with E-state index in [-0.39, 0.29) is 11.7 Å². The van der Waals surface area contributed by atoms with Crippen LogP contribution in [0.1, 0.15) is 15.9 Å². The fourth-order valence-corrected chi connectivity index (χ4v) is 2.27. The summed E-state index contributed by atoms with van der Waals surface area (Å²) >= 11 is 0. The van der Waals surface area contributed by atoms with Crippen LogP contribution in [-0.4, -0.2) is 17.2 Å². The van der Waals surface area contributed by atoms with Crippen LogP contribution in [0.25, 0.3) is 11.1 Å². The number of hydrazone groups is 1. The van der Waals surface area contributed by atoms with E-state index in [1.165, 1.54) is 12.1 Å². The maximum Gasteiger partial charge on any atom is 0.271 e. The summed E-state index contributed by atoms with van der Waals surface area (Å²) in [6.07, 6.45) is 1.58. The van der Waals surface area contributed by atoms with Gasteiger partial charge in [-0.05, 0) is 34.9 Å². The molecule has 0 bridgehead atoms. The van der Waals surface area contributed by atoms with Crippen molar-refractivity contribution in [2.45, 2.75) is 0 Å². The van der Waals surface area contributed by atoms with Gasteiger partial charge >= 0.3 is 0 Å². The second kappa shape index (κ2) is 7.24. The first-order valence-corrected chi connectivity index (χ1v) is 7.50. The summed E-state index contributed by atoms with van der Waals surface area (Å²) in [7, 11) is 0. The second-order valence-corrected chi connectivity index (χ2v) is 5.24. The molecule has 3 rings (SSSR count). The molecule has 0 saturated heterocycles. The minimum Gasteiger partial charge on any atom is -0.508 e. The molecule has 0 spiro atoms. The van der Waals surface area contributed by atoms with Gasteiger partial charge < -0.3 is 5.11 Å². The summed E-state index contributed by atoms with van der Waals surface area (Å²) in [6.45, 7) is 0. The lowest BCUT2D eigenvalue weighted by Crippen LogP contribution is -2.17. The summed E-state index contributed by atoms with van der Waals surface area (Å²) in [5, 5.41) is 13.3. The normalized spacial score (nSPS) is 10.7. The number of benzene rings is 3. The highest BCUT2D eigenvalue weighted by Gasteiger charge is 2.04. The molecule has 2 N–H and O–H groups in total. The first-order valence-electron chi connectivity index (χ1n) is 7.50. The van der Waals surface area contributed by atoms with Gasteiger partial charge in [0, 0.05) is 5.56 Å². The van der Waals surface area contributed by atoms with Gasteiger partial charge in [0.2, 0.25) is 0 Å². The molecule has 0 heterocycles. The van der Waals surface area contributed by atoms with E-state index in [1.807, 2.05) is 42.5 Å². The molecule has 118 valence electrons. The molecular formula is C20H16N2O2. The van der Waals surface area contributed by atoms with Gasteiger partial charge in [-0.25, -0.2) is 5.43 Å². The Morgan fingerprint density at radius 1 is 0.875 bits per heavy atom. The predicted octanol–water partition coefficient (Wildman–Crippen LogP) is 3.82. The molecule has 0 unspecified atom stereocenters. The van der Waals surface area contributed by atoms with E-state index in [4.69, 9.17) is 0 Å². The van der Waals surface area contributed by atoms with E-state index < -0.39 is 0 Å². The molecule has 3 aromatic rings. The molecule has 0 radical (unpaired) electrons. The fourth-order valence-electron chi connectivity index (χ4n) is 2.27. The lowest BCUT2D eigenvalue weighted by atomic mass is 10.0. The van der Waals surface area contributed by atoms with Gasteiger partial charge in [0.15, 0.2) is 0 Å². The van der Waals surface area contributed by atoms with Crippen LogP contribution < -0.4 is 5.43 Å². The van der Waals surface area contributed by atoms with Crippen LogP contribution in [0.2, 0.25) is 0 Å². The Kier molecular flexibility index (Phi) is 4.68. The van der Waals surface area contributed by atoms with Crippen molar-refractivity contribution >= 4 is 12.1 Å². The van der Waals surface area contributed by atoms with E-state index in [1.54, 1.807) is 18.3 Å². The number of nitrogens with one attached hydrogen (secondary N) is 1. The van der Waals surface area contributed by atoms with Crippen LogP contribution in [0.5, 0.6) is 5.75 Å². The molecule has 0 saturated carbocycles. The van der Waals surface area contributed by atoms with Crippen LogP contribution in [-0.2, 0) is 0 Å². The lowest BCUT2D eigenvalue weighted by Gasteiger charge is -2.02. The zero-order valence-electron chi connectivity index (χ0n) is 12.9. The molecule has 4 nitrogen and oxygen atoms in total. The number of hydrogen-bond acceptors (Lipinski definition) is 3. The minimum absolute atomic E-state index is 0.0446. The van der Waals surface area contributed by atoms with E-state index in [9.17, 15) is 9.90 Å². The number of aromatic hydroxyl groups is 1. The number of rotatable bonds is 4. The van der Waals surface area contributed by atoms with Gasteiger partial charge in [0.25, 0.3) is 5.91 Å². The second-order valence-electron chi connectivity index (χ2n) is 5.24. The Balaban J connectivity index is 1.64. The Hall–Kier alpha value is -3.40. The highest BCUT2D eigenvalue weighted by molar-refractivity contribution is 5.95. The topological polar surface area (TPSA) is 61.7 Å². The highest BCUT2D eigenvalue weighted by Crippen LogP contribution is 2.18. The Bertz CT molecular complexity index is 856. The third-order valence-electron chi connectivity index (χ3n) is 3.51. The molecule has 0 aliphatic rings. The van der Waals surface area contributed by atoms with Gasteiger partial charge in [-0.1, -0.05) is 60.7 Å². The fraction of sp³-hybridized carbons (Fsp3) is 0. The molecule has 0 aliphatic carbocycles. The average molecular weight is 316 g/mol. The quantitative estimate of drug-likeness (QED) is 0.568. The van der Waals surface area contributed by atoms with Gasteiger partial charge in [0.1, 0.15) is 5.75 Å². The third-order valence-corrected chi connectivity index (χ3v) is 3.51. The number of carbonyl (C=O) groups excluding carboxylic acids is 1. The number of carbonyl (C=O) groups is 1. The van der Waals surface area contributed by atoms with Crippen LogP contribution in [0, 0.1) is 0 Å². The predicted molar refractivity (Wildman–Crippen MR) is 95.0 cm³/mol. The van der Waals surface area contributed by atoms with Crippen LogP contribution >= 0.6 is 0 Å². The van der Waals surface area contributed by atoms with Gasteiger partial charge in [0.05, 0.1) is 6.21 Å². The van der Waals surface area contributed by atoms with Crippen molar-refractivity contribution in [2.75, 3.05) is 0 Å². The Morgan fingerprint density at radius 3 is 2.29 bits per heavy atom. The van der Waals surface area contributed by atoms with Crippen molar-refractivity contribution in [1.29, 1.82) is 0 Å². The summed E-state index contributed by atoms with van der Waals surface area (Å²) < 4.78 is 0. The summed E-state index contributed by atoms with van der Waals surface area (Å²) in [5.74, 6) is -0.328. The van der Waals surface area contributed by atoms with Crippen LogP contribution in [0.4, 0.5) is 0 Å². The van der Waals surface area contributed by atoms with Gasteiger partial charge in [-0.3, -0.25) is 4.79 Å². The monoisotopic (exact) mass is 316 g/mol. The van der Waals surface area contributed by atoms with Crippen LogP contribution in [0.15, 0.2) is 84.0 Å². The number of amides is 1. The highest BCUT2D eigenvalue weighted by atomic mass is 16.3. The molecule has 0 aliphatic heterocycles. The summed E-state index contributed by atoms with van der Waals surface area (Å²) in [5.41, 5.74) is 5.95. The molecule has 3 aromatic carbocycles. The molecule has 0 atom stereocenters. The van der Waals surface area contributed by atoms with E-state index in [0.29, 0.717) is 5.56 Å². The minimum atomic E-state index is -0.372. The zero-order chi connectivity index (χ0) is 16.8. The Labute approximate surface area is 140 Å². The molecule has 24 heavy (non-hydrogen) atoms. The van der Waals surface area contributed by atoms with Crippen molar-refractivity contribution in [1.82, 2.24) is 5.43 Å². The van der Waals surface area contributed by atoms with Crippen molar-refractivity contribution in [3.05, 3.63) is 90.0 Å². The number of nitrogens with zero attached hydrogens (tertiary/aromatic N) is 1. The molecule has 4 heteroatoms. The van der Waals surface area contributed by atoms with E-state index >= 15 is 0 Å². The summed E-state index contributed by atoms with van der Waals surface area (Å²) in [4.78, 5) is 11.9. The zero-order valence-corrected chi connectivity index (χ0v) is 12.9. The Morgan fingerprint density at radius 2 is 1.58 bits per heavy atom. The van der Waals surface area contributed by atoms with Crippen molar-refractivity contribution in [3.8, 4) is 16.9 Å². The maximum absolute atomic E-state index is 11.9. The molecule has 0 aromatic heterocycles. The number of phenols is 1. The SMILES string of the molecule is O=C(N/N=C/c1ccc(-c2ccccc2)cc1)c1cccc(O)c1. The first-order chi connectivity index (χ1) is 11.7. The third kappa shape index (κ3) is 3.87. The van der Waals surface area contributed by atoms with Crippen molar-refractivity contribution in [2.24, 2.45) is 5.10 Å². The van der Waals surface area contributed by atoms with E-state index in [2.05, 4.69) is 22.7 Å². The molecule has 0 fully saturated rings. The van der Waals surface area contributed by atoms with Gasteiger partial charge in [-0.15, -0.1) is 0 Å². The average Bonchev–Trinajstić information content (AvgIpc) is 2.63. The van der Waals surface area contributed by atoms with Gasteiger partial charge in [-0.2, -0.15) is 5.10 Å². The lowest BCUT2D eigenvalue weighted by molar-refractivity contribution is 0.0954. The number of hydrogen-bond donors (Lipinski definition) is 2. The maximum atomic E-state index is 11.9. The van der Waals surface area contributed by atoms with Crippen molar-refractivity contribution in [3.63, 3.8) is 0 Å².